The second-order valence-corrected chi connectivity index (χ2v) is 32.0. The molecule has 6 amide bonds. The molecule has 6 fully saturated rings. The SMILES string of the molecule is CN(CCCCNc1cccc2c1C(=O)N(C1CCC(=O)NC1=O)C2=O)C(=O)C1CCN(CC[C@H](CSc2ccccc2)Nc2ccc(S(=O)(=O)NC(=O)c3ccc(N4CCN(CC5=C(C67CC(C)(C6)C7)CC(C)(C)CC5)CC4)cc3)cc2S(=O)(=O)C(F)(F)F)CC1. The molecule has 0 radical (unpaired) electrons. The zero-order chi connectivity index (χ0) is 65.5. The van der Waals surface area contributed by atoms with Gasteiger partial charge in [-0.25, -0.2) is 21.6 Å². The highest BCUT2D eigenvalue weighted by Gasteiger charge is 2.67. The number of unbranched alkanes of at least 4 members (excludes halogenated alkanes) is 1. The molecule has 2 atom stereocenters. The number of imide groups is 2. The van der Waals surface area contributed by atoms with Crippen molar-refractivity contribution < 1.29 is 58.8 Å². The van der Waals surface area contributed by atoms with E-state index in [2.05, 4.69) is 51.4 Å². The molecule has 3 saturated heterocycles. The fourth-order valence-electron chi connectivity index (χ4n) is 15.0. The summed E-state index contributed by atoms with van der Waals surface area (Å²) >= 11 is 1.40. The van der Waals surface area contributed by atoms with Gasteiger partial charge in [-0.2, -0.15) is 13.2 Å². The number of alkyl halides is 3. The molecule has 4 aliphatic carbocycles. The minimum absolute atomic E-state index is 0.0124. The number of likely N-dealkylation sites (tertiary alicyclic amines) is 1. The van der Waals surface area contributed by atoms with Crippen LogP contribution in [-0.2, 0) is 34.2 Å². The molecule has 1 unspecified atom stereocenters. The van der Waals surface area contributed by atoms with Crippen LogP contribution in [0.4, 0.5) is 30.2 Å². The highest BCUT2D eigenvalue weighted by atomic mass is 32.2. The Bertz CT molecular complexity index is 3760. The van der Waals surface area contributed by atoms with Gasteiger partial charge in [0.15, 0.2) is 0 Å². The number of allylic oxidation sites excluding steroid dienone is 1. The molecule has 12 rings (SSSR count). The second kappa shape index (κ2) is 26.5. The Morgan fingerprint density at radius 3 is 2.17 bits per heavy atom. The number of piperidine rings is 2. The number of carbonyl (C=O) groups is 6. The topological polar surface area (TPSA) is 235 Å². The third kappa shape index (κ3) is 14.3. The van der Waals surface area contributed by atoms with Crippen LogP contribution < -0.4 is 25.6 Å². The molecule has 0 spiro atoms. The quantitative estimate of drug-likeness (QED) is 0.0221. The Kier molecular flexibility index (Phi) is 19.2. The number of thioether (sulfide) groups is 1. The highest BCUT2D eigenvalue weighted by molar-refractivity contribution is 7.99. The van der Waals surface area contributed by atoms with Crippen molar-refractivity contribution in [2.24, 2.45) is 22.2 Å². The zero-order valence-corrected chi connectivity index (χ0v) is 55.0. The molecule has 0 aromatic heterocycles. The molecule has 2 bridgehead atoms. The number of nitrogens with zero attached hydrogens (tertiary/aromatic N) is 5. The van der Waals surface area contributed by atoms with Crippen molar-refractivity contribution in [1.29, 1.82) is 0 Å². The molecule has 3 saturated carbocycles. The van der Waals surface area contributed by atoms with Crippen LogP contribution in [0.25, 0.3) is 0 Å². The van der Waals surface area contributed by atoms with Crippen LogP contribution in [0.15, 0.2) is 117 Å². The summed E-state index contributed by atoms with van der Waals surface area (Å²) in [6, 6.07) is 21.2. The van der Waals surface area contributed by atoms with Crippen molar-refractivity contribution in [2.75, 3.05) is 93.8 Å². The maximum Gasteiger partial charge on any atom is 0.501 e. The van der Waals surface area contributed by atoms with Gasteiger partial charge < -0.3 is 25.3 Å². The van der Waals surface area contributed by atoms with Crippen LogP contribution in [0, 0.1) is 22.2 Å². The van der Waals surface area contributed by atoms with Gasteiger partial charge in [0.25, 0.3) is 37.6 Å². The summed E-state index contributed by atoms with van der Waals surface area (Å²) in [5.74, 6) is -3.38. The Hall–Kier alpha value is -6.80. The number of piperazine rings is 1. The number of nitrogens with one attached hydrogen (secondary N) is 4. The summed E-state index contributed by atoms with van der Waals surface area (Å²) in [7, 11) is -9.33. The number of benzene rings is 4. The van der Waals surface area contributed by atoms with Crippen molar-refractivity contribution in [3.05, 3.63) is 119 Å². The van der Waals surface area contributed by atoms with Crippen molar-refractivity contribution >= 4 is 84.1 Å². The third-order valence-electron chi connectivity index (χ3n) is 19.9. The van der Waals surface area contributed by atoms with Crippen LogP contribution in [0.2, 0.25) is 0 Å². The van der Waals surface area contributed by atoms with Crippen LogP contribution in [0.1, 0.15) is 135 Å². The summed E-state index contributed by atoms with van der Waals surface area (Å²) in [6.45, 7) is 13.9. The predicted molar refractivity (Wildman–Crippen MR) is 345 cm³/mol. The lowest BCUT2D eigenvalue weighted by atomic mass is 9.33. The summed E-state index contributed by atoms with van der Waals surface area (Å²) in [5, 5.41) is 8.46. The van der Waals surface area contributed by atoms with Gasteiger partial charge in [0, 0.05) is 105 Å². The Labute approximate surface area is 541 Å². The molecule has 4 aliphatic heterocycles. The van der Waals surface area contributed by atoms with Crippen molar-refractivity contribution in [1.82, 2.24) is 29.6 Å². The van der Waals surface area contributed by atoms with Crippen molar-refractivity contribution in [3.8, 4) is 0 Å². The highest BCUT2D eigenvalue weighted by Crippen LogP contribution is 2.77. The van der Waals surface area contributed by atoms with Gasteiger partial charge in [-0.05, 0) is 173 Å². The number of sulfone groups is 1. The van der Waals surface area contributed by atoms with Crippen molar-refractivity contribution in [3.63, 3.8) is 0 Å². The summed E-state index contributed by atoms with van der Waals surface area (Å²) in [4.78, 5) is 86.5. The third-order valence-corrected chi connectivity index (χ3v) is 23.9. The maximum absolute atomic E-state index is 14.5. The molecule has 494 valence electrons. The predicted octanol–water partition coefficient (Wildman–Crippen LogP) is 9.34. The number of amides is 6. The van der Waals surface area contributed by atoms with E-state index in [1.807, 2.05) is 35.1 Å². The molecular weight excluding hydrogens is 1240 g/mol. The smallest absolute Gasteiger partial charge is 0.384 e. The lowest BCUT2D eigenvalue weighted by Gasteiger charge is -2.72. The van der Waals surface area contributed by atoms with Gasteiger partial charge in [0.05, 0.1) is 21.7 Å². The van der Waals surface area contributed by atoms with Gasteiger partial charge in [-0.1, -0.05) is 56.2 Å². The lowest BCUT2D eigenvalue weighted by molar-refractivity contribution is -0.167. The van der Waals surface area contributed by atoms with Crippen LogP contribution in [0.5, 0.6) is 0 Å². The largest absolute Gasteiger partial charge is 0.501 e. The van der Waals surface area contributed by atoms with E-state index in [0.717, 1.165) is 66.8 Å². The molecule has 19 nitrogen and oxygen atoms in total. The average molecular weight is 1330 g/mol. The number of halogens is 3. The van der Waals surface area contributed by atoms with Crippen LogP contribution >= 0.6 is 11.8 Å². The summed E-state index contributed by atoms with van der Waals surface area (Å²) in [5.41, 5.74) is -0.00189. The van der Waals surface area contributed by atoms with E-state index in [-0.39, 0.29) is 47.1 Å². The number of carbonyl (C=O) groups excluding carboxylic acids is 6. The first kappa shape index (κ1) is 66.6. The second-order valence-electron chi connectivity index (χ2n) is 27.3. The fraction of sp³-hybridized carbons (Fsp3) is 0.522. The summed E-state index contributed by atoms with van der Waals surface area (Å²) in [6.07, 6.45) is 10.2. The zero-order valence-electron chi connectivity index (χ0n) is 52.5. The Balaban J connectivity index is 0.671. The summed E-state index contributed by atoms with van der Waals surface area (Å²) < 4.78 is 100. The molecule has 4 N–H and O–H groups in total. The van der Waals surface area contributed by atoms with Crippen LogP contribution in [0.3, 0.4) is 0 Å². The number of hydrogen-bond donors (Lipinski definition) is 4. The van der Waals surface area contributed by atoms with Gasteiger partial charge in [-0.3, -0.25) is 43.9 Å². The minimum Gasteiger partial charge on any atom is -0.384 e. The molecule has 4 aromatic carbocycles. The van der Waals surface area contributed by atoms with Crippen LogP contribution in [-0.4, -0.2) is 168 Å². The van der Waals surface area contributed by atoms with E-state index in [4.69, 9.17) is 0 Å². The number of hydrogen-bond acceptors (Lipinski definition) is 16. The first-order valence-electron chi connectivity index (χ1n) is 31.9. The Morgan fingerprint density at radius 1 is 0.793 bits per heavy atom. The van der Waals surface area contributed by atoms with E-state index in [1.54, 1.807) is 47.4 Å². The first-order chi connectivity index (χ1) is 43.6. The molecule has 4 heterocycles. The van der Waals surface area contributed by atoms with E-state index >= 15 is 0 Å². The molecule has 8 aliphatic rings. The number of sulfonamides is 1. The average Bonchev–Trinajstić information content (AvgIpc) is 0.784. The molecule has 25 heteroatoms. The number of anilines is 3. The van der Waals surface area contributed by atoms with Gasteiger partial charge in [0.2, 0.25) is 17.7 Å². The minimum atomic E-state index is -6.16. The fourth-order valence-corrected chi connectivity index (χ4v) is 18.0. The lowest BCUT2D eigenvalue weighted by Crippen LogP contribution is -2.61. The molecular formula is C67H82F3N9O10S3. The van der Waals surface area contributed by atoms with Gasteiger partial charge >= 0.3 is 5.51 Å². The molecule has 92 heavy (non-hydrogen) atoms. The monoisotopic (exact) mass is 1330 g/mol. The van der Waals surface area contributed by atoms with E-state index in [0.29, 0.717) is 92.8 Å². The number of fused-ring (bicyclic) bond motifs is 1. The molecule has 4 aromatic rings. The Morgan fingerprint density at radius 2 is 1.50 bits per heavy atom. The number of rotatable bonds is 24. The maximum atomic E-state index is 14.5. The van der Waals surface area contributed by atoms with E-state index < -0.39 is 82.5 Å². The van der Waals surface area contributed by atoms with Gasteiger partial charge in [-0.15, -0.1) is 11.8 Å². The van der Waals surface area contributed by atoms with Crippen molar-refractivity contribution in [2.45, 2.75) is 137 Å². The van der Waals surface area contributed by atoms with E-state index in [9.17, 15) is 58.8 Å². The van der Waals surface area contributed by atoms with Gasteiger partial charge in [0.1, 0.15) is 10.9 Å². The first-order valence-corrected chi connectivity index (χ1v) is 35.9. The standard InChI is InChI=1S/C67H82F3N9O10S3/c1-64(2)27-23-46(52(38-64)66-41-65(3,42-66)43-66)39-77-33-35-78(36-34-77)48-17-15-44(16-18-48)59(81)74-92(88,89)50-19-20-53(56(37-50)91(86,87)67(68,69)70)72-47(40-90-49-11-6-5-7-12-49)26-32-76-30-24-45(25-31-76)61(83)75(4)29-9-8-28-71-54-14-10-13-51-58(54)63(85)79(62(51)84)55-21-22-57(80)73-60(55)82/h5-7,10-20,37,45,47,55,71-72H,8-9,21-36,38-43H2,1-4H3,(H,74,81)(H,73,80,82)/t47-,55?,65?,66?/m1/s1. The normalized spacial score (nSPS) is 23.3. The van der Waals surface area contributed by atoms with E-state index in [1.165, 1.54) is 62.1 Å².